The molecule has 6 nitrogen and oxygen atoms in total. The summed E-state index contributed by atoms with van der Waals surface area (Å²) >= 11 is 0. The second-order valence-corrected chi connectivity index (χ2v) is 20.9. The molecule has 0 bridgehead atoms. The van der Waals surface area contributed by atoms with E-state index in [0.717, 1.165) is 69.6 Å². The number of esters is 3. The predicted octanol–water partition coefficient (Wildman–Crippen LogP) is 18.9. The van der Waals surface area contributed by atoms with Crippen LogP contribution in [0.1, 0.15) is 324 Å². The molecule has 64 heavy (non-hydrogen) atoms. The molecule has 0 aliphatic carbocycles. The largest absolute Gasteiger partial charge is 0.462 e. The minimum atomic E-state index is -0.763. The highest BCUT2D eigenvalue weighted by molar-refractivity contribution is 5.71. The number of unbranched alkanes of at least 4 members (excludes halogenated alkanes) is 37. The van der Waals surface area contributed by atoms with E-state index in [4.69, 9.17) is 14.2 Å². The van der Waals surface area contributed by atoms with Gasteiger partial charge in [0.1, 0.15) is 13.2 Å². The molecular formula is C58H112O6. The average molecular weight is 906 g/mol. The lowest BCUT2D eigenvalue weighted by atomic mass is 10.0. The molecule has 0 heterocycles. The normalized spacial score (nSPS) is 12.0. The fraction of sp³-hybridized carbons (Fsp3) is 0.948. The Morgan fingerprint density at radius 1 is 0.297 bits per heavy atom. The van der Waals surface area contributed by atoms with Crippen LogP contribution in [0.25, 0.3) is 0 Å². The van der Waals surface area contributed by atoms with Crippen LogP contribution in [0.5, 0.6) is 0 Å². The molecule has 0 rings (SSSR count). The van der Waals surface area contributed by atoms with Gasteiger partial charge in [0, 0.05) is 19.3 Å². The molecule has 0 aromatic carbocycles. The van der Waals surface area contributed by atoms with E-state index in [2.05, 4.69) is 34.6 Å². The van der Waals surface area contributed by atoms with Crippen molar-refractivity contribution in [2.75, 3.05) is 13.2 Å². The summed E-state index contributed by atoms with van der Waals surface area (Å²) in [5.41, 5.74) is 0. The first-order valence-corrected chi connectivity index (χ1v) is 28.7. The van der Waals surface area contributed by atoms with E-state index in [0.29, 0.717) is 19.3 Å². The Kier molecular flexibility index (Phi) is 49.6. The van der Waals surface area contributed by atoms with E-state index < -0.39 is 6.10 Å². The first-order valence-electron chi connectivity index (χ1n) is 28.7. The minimum absolute atomic E-state index is 0.0628. The second-order valence-electron chi connectivity index (χ2n) is 20.9. The Morgan fingerprint density at radius 3 is 0.766 bits per heavy atom. The van der Waals surface area contributed by atoms with Crippen LogP contribution in [-0.4, -0.2) is 37.2 Å². The predicted molar refractivity (Wildman–Crippen MR) is 275 cm³/mol. The maximum atomic E-state index is 12.8. The summed E-state index contributed by atoms with van der Waals surface area (Å²) in [4.78, 5) is 38.1. The molecule has 0 amide bonds. The van der Waals surface area contributed by atoms with Gasteiger partial charge in [-0.15, -0.1) is 0 Å². The van der Waals surface area contributed by atoms with Gasteiger partial charge in [-0.1, -0.05) is 285 Å². The van der Waals surface area contributed by atoms with Gasteiger partial charge in [0.2, 0.25) is 0 Å². The smallest absolute Gasteiger partial charge is 0.306 e. The van der Waals surface area contributed by atoms with Crippen molar-refractivity contribution in [1.29, 1.82) is 0 Å². The number of hydrogen-bond donors (Lipinski definition) is 0. The topological polar surface area (TPSA) is 78.9 Å². The van der Waals surface area contributed by atoms with Gasteiger partial charge >= 0.3 is 17.9 Å². The maximum absolute atomic E-state index is 12.8. The van der Waals surface area contributed by atoms with Crippen LogP contribution < -0.4 is 0 Å². The molecule has 0 N–H and O–H groups in total. The Balaban J connectivity index is 4.30. The van der Waals surface area contributed by atoms with E-state index in [9.17, 15) is 14.4 Å². The van der Waals surface area contributed by atoms with Crippen LogP contribution in [0.4, 0.5) is 0 Å². The van der Waals surface area contributed by atoms with Gasteiger partial charge in [0.25, 0.3) is 0 Å². The first kappa shape index (κ1) is 62.4. The maximum Gasteiger partial charge on any atom is 0.306 e. The van der Waals surface area contributed by atoms with Crippen molar-refractivity contribution in [2.45, 2.75) is 330 Å². The summed E-state index contributed by atoms with van der Waals surface area (Å²) in [7, 11) is 0. The summed E-state index contributed by atoms with van der Waals surface area (Å²) in [5, 5.41) is 0. The monoisotopic (exact) mass is 905 g/mol. The molecule has 380 valence electrons. The van der Waals surface area contributed by atoms with Crippen molar-refractivity contribution in [1.82, 2.24) is 0 Å². The average Bonchev–Trinajstić information content (AvgIpc) is 3.27. The lowest BCUT2D eigenvalue weighted by Gasteiger charge is -2.18. The van der Waals surface area contributed by atoms with Crippen molar-refractivity contribution in [3.8, 4) is 0 Å². The first-order chi connectivity index (χ1) is 31.2. The molecule has 0 saturated heterocycles. The number of rotatable bonds is 52. The Bertz CT molecular complexity index is 978. The van der Waals surface area contributed by atoms with Gasteiger partial charge in [-0.3, -0.25) is 14.4 Å². The molecule has 0 aliphatic heterocycles. The highest BCUT2D eigenvalue weighted by Gasteiger charge is 2.19. The molecule has 0 aromatic heterocycles. The Hall–Kier alpha value is -1.59. The van der Waals surface area contributed by atoms with Gasteiger partial charge in [0.15, 0.2) is 6.10 Å². The van der Waals surface area contributed by atoms with Crippen LogP contribution >= 0.6 is 0 Å². The van der Waals surface area contributed by atoms with Crippen LogP contribution in [-0.2, 0) is 28.6 Å². The summed E-state index contributed by atoms with van der Waals surface area (Å²) in [6.45, 7) is 11.4. The highest BCUT2D eigenvalue weighted by Crippen LogP contribution is 2.18. The molecule has 0 saturated carbocycles. The zero-order valence-electron chi connectivity index (χ0n) is 43.9. The number of ether oxygens (including phenoxy) is 3. The number of carbonyl (C=O) groups is 3. The van der Waals surface area contributed by atoms with Gasteiger partial charge < -0.3 is 14.2 Å². The van der Waals surface area contributed by atoms with Crippen molar-refractivity contribution < 1.29 is 28.6 Å². The zero-order chi connectivity index (χ0) is 46.8. The fourth-order valence-electron chi connectivity index (χ4n) is 8.87. The lowest BCUT2D eigenvalue weighted by Crippen LogP contribution is -2.30. The molecule has 0 unspecified atom stereocenters. The molecule has 0 aromatic rings. The molecule has 0 spiro atoms. The Morgan fingerprint density at radius 2 is 0.516 bits per heavy atom. The molecule has 1 atom stereocenters. The quantitative estimate of drug-likeness (QED) is 0.0344. The fourth-order valence-corrected chi connectivity index (χ4v) is 8.87. The van der Waals surface area contributed by atoms with Gasteiger partial charge in [-0.2, -0.15) is 0 Å². The standard InChI is InChI=1S/C58H112O6/c1-6-7-8-9-10-11-12-13-14-15-18-23-28-33-38-43-48-56(59)62-51-55(64-58(61)50-45-40-35-30-25-20-22-27-32-37-42-47-54(4)5)52-63-57(60)49-44-39-34-29-24-19-16-17-21-26-31-36-41-46-53(2)3/h53-55H,6-52H2,1-5H3/t55-/m1/s1. The van der Waals surface area contributed by atoms with E-state index in [1.807, 2.05) is 0 Å². The third kappa shape index (κ3) is 51.4. The SMILES string of the molecule is CCCCCCCCCCCCCCCCCCC(=O)OC[C@H](COC(=O)CCCCCCCCCCCCCCCC(C)C)OC(=O)CCCCCCCCCCCCCC(C)C. The number of hydrogen-bond acceptors (Lipinski definition) is 6. The van der Waals surface area contributed by atoms with Crippen LogP contribution in [0.15, 0.2) is 0 Å². The van der Waals surface area contributed by atoms with Gasteiger partial charge in [-0.25, -0.2) is 0 Å². The van der Waals surface area contributed by atoms with Crippen molar-refractivity contribution in [2.24, 2.45) is 11.8 Å². The molecule has 6 heteroatoms. The van der Waals surface area contributed by atoms with Crippen LogP contribution in [0.2, 0.25) is 0 Å². The van der Waals surface area contributed by atoms with Crippen molar-refractivity contribution >= 4 is 17.9 Å². The lowest BCUT2D eigenvalue weighted by molar-refractivity contribution is -0.167. The molecule has 0 aliphatic rings. The van der Waals surface area contributed by atoms with Crippen LogP contribution in [0.3, 0.4) is 0 Å². The van der Waals surface area contributed by atoms with E-state index in [1.165, 1.54) is 212 Å². The minimum Gasteiger partial charge on any atom is -0.462 e. The van der Waals surface area contributed by atoms with Crippen LogP contribution in [0, 0.1) is 11.8 Å². The molecule has 0 fully saturated rings. The second kappa shape index (κ2) is 50.8. The summed E-state index contributed by atoms with van der Waals surface area (Å²) < 4.78 is 16.9. The third-order valence-electron chi connectivity index (χ3n) is 13.2. The number of carbonyl (C=O) groups excluding carboxylic acids is 3. The summed E-state index contributed by atoms with van der Waals surface area (Å²) in [6, 6.07) is 0. The van der Waals surface area contributed by atoms with Crippen molar-refractivity contribution in [3.05, 3.63) is 0 Å². The summed E-state index contributed by atoms with van der Waals surface area (Å²) in [5.74, 6) is 0.825. The molecule has 0 radical (unpaired) electrons. The molecular weight excluding hydrogens is 793 g/mol. The van der Waals surface area contributed by atoms with E-state index in [1.54, 1.807) is 0 Å². The third-order valence-corrected chi connectivity index (χ3v) is 13.2. The highest BCUT2D eigenvalue weighted by atomic mass is 16.6. The summed E-state index contributed by atoms with van der Waals surface area (Å²) in [6.07, 6.45) is 53.8. The van der Waals surface area contributed by atoms with Gasteiger partial charge in [-0.05, 0) is 31.1 Å². The van der Waals surface area contributed by atoms with E-state index in [-0.39, 0.29) is 31.1 Å². The zero-order valence-corrected chi connectivity index (χ0v) is 43.9. The van der Waals surface area contributed by atoms with Gasteiger partial charge in [0.05, 0.1) is 0 Å². The Labute approximate surface area is 399 Å². The van der Waals surface area contributed by atoms with E-state index >= 15 is 0 Å². The van der Waals surface area contributed by atoms with Crippen molar-refractivity contribution in [3.63, 3.8) is 0 Å².